The van der Waals surface area contributed by atoms with Crippen molar-refractivity contribution >= 4 is 23.2 Å². The van der Waals surface area contributed by atoms with Gasteiger partial charge in [-0.15, -0.1) is 0 Å². The summed E-state index contributed by atoms with van der Waals surface area (Å²) in [7, 11) is 0. The van der Waals surface area contributed by atoms with Crippen molar-refractivity contribution in [1.82, 2.24) is 30.4 Å². The van der Waals surface area contributed by atoms with Gasteiger partial charge in [-0.2, -0.15) is 0 Å². The zero-order valence-corrected chi connectivity index (χ0v) is 19.3. The van der Waals surface area contributed by atoms with Crippen LogP contribution in [-0.2, 0) is 0 Å². The minimum atomic E-state index is 0.306. The summed E-state index contributed by atoms with van der Waals surface area (Å²) in [6.07, 6.45) is 3.61. The summed E-state index contributed by atoms with van der Waals surface area (Å²) in [6, 6.07) is 8.17. The number of aromatic nitrogens is 2. The summed E-state index contributed by atoms with van der Waals surface area (Å²) < 4.78 is 0. The Morgan fingerprint density at radius 2 is 1.10 bits per heavy atom. The molecule has 164 valence electrons. The van der Waals surface area contributed by atoms with E-state index in [4.69, 9.17) is 23.2 Å². The van der Waals surface area contributed by atoms with Gasteiger partial charge in [0.05, 0.1) is 33.5 Å². The van der Waals surface area contributed by atoms with E-state index in [9.17, 15) is 0 Å². The van der Waals surface area contributed by atoms with Crippen molar-refractivity contribution in [2.45, 2.75) is 25.9 Å². The first-order valence-electron chi connectivity index (χ1n) is 10.7. The molecular formula is C22H32Cl2N6. The molecule has 2 atom stereocenters. The third-order valence-corrected chi connectivity index (χ3v) is 6.40. The second-order valence-electron chi connectivity index (χ2n) is 7.66. The summed E-state index contributed by atoms with van der Waals surface area (Å²) in [5, 5.41) is 8.22. The van der Waals surface area contributed by atoms with Gasteiger partial charge in [0.1, 0.15) is 0 Å². The van der Waals surface area contributed by atoms with Gasteiger partial charge in [0.2, 0.25) is 0 Å². The number of rotatable bonds is 4. The van der Waals surface area contributed by atoms with Crippen molar-refractivity contribution in [2.24, 2.45) is 0 Å². The molecule has 30 heavy (non-hydrogen) atoms. The lowest BCUT2D eigenvalue weighted by molar-refractivity contribution is 0.182. The average molecular weight is 451 g/mol. The Morgan fingerprint density at radius 3 is 1.43 bits per heavy atom. The normalized spacial score (nSPS) is 20.1. The van der Waals surface area contributed by atoms with Crippen molar-refractivity contribution in [3.63, 3.8) is 0 Å². The van der Waals surface area contributed by atoms with Crippen molar-refractivity contribution in [1.29, 1.82) is 0 Å². The molecule has 0 bridgehead atoms. The van der Waals surface area contributed by atoms with E-state index < -0.39 is 0 Å². The molecule has 6 nitrogen and oxygen atoms in total. The molecule has 2 fully saturated rings. The van der Waals surface area contributed by atoms with Crippen LogP contribution in [0.25, 0.3) is 0 Å². The van der Waals surface area contributed by atoms with Crippen LogP contribution in [0.15, 0.2) is 36.7 Å². The maximum Gasteiger partial charge on any atom is 0.0758 e. The predicted octanol–water partition coefficient (Wildman–Crippen LogP) is 3.40. The van der Waals surface area contributed by atoms with Gasteiger partial charge in [0.15, 0.2) is 0 Å². The molecule has 8 heteroatoms. The first kappa shape index (κ1) is 23.4. The van der Waals surface area contributed by atoms with Gasteiger partial charge in [-0.25, -0.2) is 0 Å². The molecule has 2 N–H and O–H groups in total. The topological polar surface area (TPSA) is 56.3 Å². The molecule has 0 radical (unpaired) electrons. The average Bonchev–Trinajstić information content (AvgIpc) is 2.80. The van der Waals surface area contributed by atoms with Crippen LogP contribution in [0.3, 0.4) is 0 Å². The molecule has 2 aliphatic heterocycles. The smallest absolute Gasteiger partial charge is 0.0758 e. The fourth-order valence-corrected chi connectivity index (χ4v) is 4.45. The van der Waals surface area contributed by atoms with Crippen molar-refractivity contribution in [2.75, 3.05) is 52.4 Å². The second kappa shape index (κ2) is 11.9. The molecule has 0 amide bonds. The third kappa shape index (κ3) is 6.36. The standard InChI is InChI=1S/2C11H16ClN3/c2*1-9(15-7-5-13-6-8-15)11-10(12)3-2-4-14-11/h2*2-4,9,13H,5-8H2,1H3/t2*9-/m10/s1. The van der Waals surface area contributed by atoms with E-state index in [1.807, 2.05) is 24.3 Å². The van der Waals surface area contributed by atoms with E-state index >= 15 is 0 Å². The Kier molecular flexibility index (Phi) is 9.30. The third-order valence-electron chi connectivity index (χ3n) is 5.76. The second-order valence-corrected chi connectivity index (χ2v) is 8.48. The molecule has 2 aromatic rings. The minimum Gasteiger partial charge on any atom is -0.314 e. The van der Waals surface area contributed by atoms with Crippen LogP contribution >= 0.6 is 23.2 Å². The van der Waals surface area contributed by atoms with Crippen LogP contribution in [0.1, 0.15) is 37.3 Å². The van der Waals surface area contributed by atoms with Gasteiger partial charge in [0, 0.05) is 64.8 Å². The Morgan fingerprint density at radius 1 is 0.733 bits per heavy atom. The Labute approximate surface area is 190 Å². The first-order chi connectivity index (χ1) is 14.6. The van der Waals surface area contributed by atoms with Crippen LogP contribution in [0.2, 0.25) is 10.0 Å². The highest BCUT2D eigenvalue weighted by atomic mass is 35.5. The van der Waals surface area contributed by atoms with E-state index in [2.05, 4.69) is 44.2 Å². The van der Waals surface area contributed by atoms with Gasteiger partial charge >= 0.3 is 0 Å². The lowest BCUT2D eigenvalue weighted by atomic mass is 10.1. The van der Waals surface area contributed by atoms with E-state index in [1.165, 1.54) is 0 Å². The number of nitrogens with zero attached hydrogens (tertiary/aromatic N) is 4. The first-order valence-corrected chi connectivity index (χ1v) is 11.4. The SMILES string of the molecule is C[C@@H](c1ncccc1Cl)N1CCNCC1.C[C@H](c1ncccc1Cl)N1CCNCC1. The maximum absolute atomic E-state index is 6.13. The highest BCUT2D eigenvalue weighted by Gasteiger charge is 2.21. The fraction of sp³-hybridized carbons (Fsp3) is 0.545. The zero-order chi connectivity index (χ0) is 21.3. The van der Waals surface area contributed by atoms with E-state index in [1.54, 1.807) is 12.4 Å². The van der Waals surface area contributed by atoms with E-state index in [0.717, 1.165) is 73.8 Å². The molecule has 0 aliphatic carbocycles. The quantitative estimate of drug-likeness (QED) is 0.743. The van der Waals surface area contributed by atoms with Gasteiger partial charge in [-0.05, 0) is 38.1 Å². The molecular weight excluding hydrogens is 419 g/mol. The minimum absolute atomic E-state index is 0.306. The van der Waals surface area contributed by atoms with E-state index in [-0.39, 0.29) is 0 Å². The van der Waals surface area contributed by atoms with Gasteiger partial charge < -0.3 is 10.6 Å². The van der Waals surface area contributed by atoms with Crippen molar-refractivity contribution in [3.05, 3.63) is 58.1 Å². The van der Waals surface area contributed by atoms with Crippen LogP contribution in [-0.4, -0.2) is 72.1 Å². The number of nitrogens with one attached hydrogen (secondary N) is 2. The van der Waals surface area contributed by atoms with Crippen molar-refractivity contribution < 1.29 is 0 Å². The van der Waals surface area contributed by atoms with Crippen LogP contribution in [0.4, 0.5) is 0 Å². The molecule has 0 spiro atoms. The van der Waals surface area contributed by atoms with Crippen LogP contribution in [0.5, 0.6) is 0 Å². The van der Waals surface area contributed by atoms with Crippen LogP contribution in [0, 0.1) is 0 Å². The molecule has 0 aromatic carbocycles. The summed E-state index contributed by atoms with van der Waals surface area (Å²) in [4.78, 5) is 13.5. The molecule has 4 heterocycles. The maximum atomic E-state index is 6.13. The Bertz CT molecular complexity index is 712. The fourth-order valence-electron chi connectivity index (χ4n) is 3.90. The monoisotopic (exact) mass is 450 g/mol. The summed E-state index contributed by atoms with van der Waals surface area (Å²) in [5.41, 5.74) is 1.97. The largest absolute Gasteiger partial charge is 0.314 e. The summed E-state index contributed by atoms with van der Waals surface area (Å²) >= 11 is 12.3. The molecule has 0 saturated carbocycles. The van der Waals surface area contributed by atoms with Gasteiger partial charge in [-0.1, -0.05) is 23.2 Å². The summed E-state index contributed by atoms with van der Waals surface area (Å²) in [6.45, 7) is 12.8. The molecule has 2 saturated heterocycles. The molecule has 0 unspecified atom stereocenters. The highest BCUT2D eigenvalue weighted by molar-refractivity contribution is 6.31. The predicted molar refractivity (Wildman–Crippen MR) is 124 cm³/mol. The number of pyridine rings is 2. The van der Waals surface area contributed by atoms with Gasteiger partial charge in [-0.3, -0.25) is 19.8 Å². The molecule has 2 aromatic heterocycles. The lowest BCUT2D eigenvalue weighted by Crippen LogP contribution is -2.44. The van der Waals surface area contributed by atoms with Crippen molar-refractivity contribution in [3.8, 4) is 0 Å². The molecule has 2 aliphatic rings. The number of hydrogen-bond acceptors (Lipinski definition) is 6. The lowest BCUT2D eigenvalue weighted by Gasteiger charge is -2.32. The Hall–Kier alpha value is -1.28. The number of halogens is 2. The molecule has 4 rings (SSSR count). The Balaban J connectivity index is 0.000000171. The zero-order valence-electron chi connectivity index (χ0n) is 17.8. The number of piperazine rings is 2. The highest BCUT2D eigenvalue weighted by Crippen LogP contribution is 2.25. The van der Waals surface area contributed by atoms with E-state index in [0.29, 0.717) is 12.1 Å². The number of hydrogen-bond donors (Lipinski definition) is 2. The van der Waals surface area contributed by atoms with Crippen LogP contribution < -0.4 is 10.6 Å². The van der Waals surface area contributed by atoms with Gasteiger partial charge in [0.25, 0.3) is 0 Å². The summed E-state index contributed by atoms with van der Waals surface area (Å²) in [5.74, 6) is 0.